The first kappa shape index (κ1) is 20.9. The lowest BCUT2D eigenvalue weighted by Crippen LogP contribution is -2.55. The third-order valence-electron chi connectivity index (χ3n) is 7.67. The summed E-state index contributed by atoms with van der Waals surface area (Å²) < 4.78 is 28.7. The van der Waals surface area contributed by atoms with Crippen LogP contribution < -0.4 is 16.4 Å². The van der Waals surface area contributed by atoms with Crippen molar-refractivity contribution in [2.45, 2.75) is 87.2 Å². The fraction of sp³-hybridized carbons (Fsp3) is 0.636. The highest BCUT2D eigenvalue weighted by Crippen LogP contribution is 2.44. The molecule has 2 unspecified atom stereocenters. The maximum Gasteiger partial charge on any atom is 0.248 e. The smallest absolute Gasteiger partial charge is 0.248 e. The molecule has 2 saturated heterocycles. The van der Waals surface area contributed by atoms with Gasteiger partial charge in [-0.05, 0) is 75.1 Å². The van der Waals surface area contributed by atoms with Crippen LogP contribution in [0.15, 0.2) is 18.2 Å². The summed E-state index contributed by atoms with van der Waals surface area (Å²) in [4.78, 5) is 26.2. The first-order valence-corrected chi connectivity index (χ1v) is 12.8. The highest BCUT2D eigenvalue weighted by atomic mass is 32.2. The monoisotopic (exact) mass is 446 g/mol. The number of piperidine rings is 1. The van der Waals surface area contributed by atoms with Crippen molar-refractivity contribution in [2.75, 3.05) is 4.90 Å². The predicted octanol–water partition coefficient (Wildman–Crippen LogP) is 1.27. The third-order valence-corrected chi connectivity index (χ3v) is 10.2. The normalized spacial score (nSPS) is 33.5. The lowest BCUT2D eigenvalue weighted by molar-refractivity contribution is -0.118. The van der Waals surface area contributed by atoms with Crippen LogP contribution in [0, 0.1) is 0 Å². The maximum absolute atomic E-state index is 13.5. The molecule has 1 aromatic carbocycles. The quantitative estimate of drug-likeness (QED) is 0.720. The van der Waals surface area contributed by atoms with Crippen molar-refractivity contribution in [1.82, 2.24) is 4.31 Å². The number of nitrogens with zero attached hydrogens (tertiary/aromatic N) is 2. The number of benzene rings is 1. The van der Waals surface area contributed by atoms with Gasteiger partial charge in [-0.15, -0.1) is 0 Å². The van der Waals surface area contributed by atoms with Gasteiger partial charge >= 0.3 is 0 Å². The zero-order chi connectivity index (χ0) is 21.9. The van der Waals surface area contributed by atoms with Crippen LogP contribution in [0.4, 0.5) is 5.69 Å². The van der Waals surface area contributed by atoms with E-state index in [2.05, 4.69) is 0 Å². The number of nitrogens with two attached hydrogens (primary N) is 2. The highest BCUT2D eigenvalue weighted by Gasteiger charge is 2.51. The van der Waals surface area contributed by atoms with Crippen LogP contribution in [0.2, 0.25) is 0 Å². The Hall–Kier alpha value is -1.97. The van der Waals surface area contributed by atoms with E-state index in [1.54, 1.807) is 22.5 Å². The first-order chi connectivity index (χ1) is 14.8. The molecule has 31 heavy (non-hydrogen) atoms. The van der Waals surface area contributed by atoms with E-state index < -0.39 is 15.9 Å². The number of rotatable bonds is 4. The molecule has 1 aromatic rings. The Bertz CT molecular complexity index is 1000. The molecule has 0 radical (unpaired) electrons. The highest BCUT2D eigenvalue weighted by molar-refractivity contribution is 7.89. The second kappa shape index (κ2) is 7.56. The molecule has 9 heteroatoms. The van der Waals surface area contributed by atoms with Crippen LogP contribution in [-0.2, 0) is 21.2 Å². The topological polar surface area (TPSA) is 127 Å². The zero-order valence-electron chi connectivity index (χ0n) is 17.6. The van der Waals surface area contributed by atoms with Gasteiger partial charge in [0.25, 0.3) is 0 Å². The molecule has 0 aromatic heterocycles. The van der Waals surface area contributed by atoms with E-state index in [1.807, 2.05) is 4.90 Å². The van der Waals surface area contributed by atoms with Crippen molar-refractivity contribution in [3.05, 3.63) is 29.3 Å². The molecule has 4 aliphatic rings. The zero-order valence-corrected chi connectivity index (χ0v) is 18.4. The molecule has 1 aliphatic carbocycles. The largest absolute Gasteiger partial charge is 0.366 e. The number of amides is 2. The van der Waals surface area contributed by atoms with Gasteiger partial charge in [-0.2, -0.15) is 4.31 Å². The summed E-state index contributed by atoms with van der Waals surface area (Å²) in [6.07, 6.45) is 6.09. The van der Waals surface area contributed by atoms with Gasteiger partial charge in [0.15, 0.2) is 0 Å². The van der Waals surface area contributed by atoms with Crippen LogP contribution in [0.25, 0.3) is 0 Å². The molecule has 168 valence electrons. The second-order valence-electron chi connectivity index (χ2n) is 9.57. The number of carbonyl (C=O) groups excluding carboxylic acids is 2. The summed E-state index contributed by atoms with van der Waals surface area (Å²) in [5.41, 5.74) is 13.4. The molecule has 5 rings (SSSR count). The van der Waals surface area contributed by atoms with Crippen molar-refractivity contribution in [3.63, 3.8) is 0 Å². The number of fused-ring (bicyclic) bond motifs is 3. The average Bonchev–Trinajstić information content (AvgIpc) is 3.20. The van der Waals surface area contributed by atoms with E-state index in [0.717, 1.165) is 36.9 Å². The van der Waals surface area contributed by atoms with Crippen LogP contribution in [0.3, 0.4) is 0 Å². The number of carbonyl (C=O) groups is 2. The fourth-order valence-corrected chi connectivity index (χ4v) is 8.61. The Balaban J connectivity index is 1.36. The molecule has 1 saturated carbocycles. The van der Waals surface area contributed by atoms with Crippen LogP contribution in [-0.4, -0.2) is 54.0 Å². The van der Waals surface area contributed by atoms with Gasteiger partial charge in [0.1, 0.15) is 0 Å². The minimum atomic E-state index is -3.36. The van der Waals surface area contributed by atoms with Gasteiger partial charge in [-0.25, -0.2) is 8.42 Å². The average molecular weight is 447 g/mol. The summed E-state index contributed by atoms with van der Waals surface area (Å²) in [6, 6.07) is 5.17. The molecular weight excluding hydrogens is 416 g/mol. The Morgan fingerprint density at radius 1 is 0.968 bits per heavy atom. The Morgan fingerprint density at radius 3 is 2.23 bits per heavy atom. The molecule has 3 heterocycles. The van der Waals surface area contributed by atoms with Gasteiger partial charge in [0, 0.05) is 35.4 Å². The summed E-state index contributed by atoms with van der Waals surface area (Å²) in [7, 11) is -3.36. The summed E-state index contributed by atoms with van der Waals surface area (Å²) in [6.45, 7) is 0. The van der Waals surface area contributed by atoms with E-state index in [9.17, 15) is 18.0 Å². The summed E-state index contributed by atoms with van der Waals surface area (Å²) in [5.74, 6) is -0.493. The fourth-order valence-electron chi connectivity index (χ4n) is 6.19. The molecule has 3 aliphatic heterocycles. The number of anilines is 1. The SMILES string of the molecule is NC(=O)c1ccc2c(c1)CC(=O)N2C1CC2CCC(C1)N2S(=O)(=O)C1CCC(N)CC1. The van der Waals surface area contributed by atoms with Gasteiger partial charge in [-0.3, -0.25) is 9.59 Å². The molecule has 8 nitrogen and oxygen atoms in total. The van der Waals surface area contributed by atoms with E-state index in [4.69, 9.17) is 11.5 Å². The third kappa shape index (κ3) is 3.47. The Labute approximate surface area is 183 Å². The molecule has 3 fully saturated rings. The Morgan fingerprint density at radius 2 is 1.61 bits per heavy atom. The number of hydrogen-bond donors (Lipinski definition) is 2. The lowest BCUT2D eigenvalue weighted by atomic mass is 9.96. The van der Waals surface area contributed by atoms with E-state index in [-0.39, 0.29) is 41.7 Å². The molecular formula is C22H30N4O4S. The first-order valence-electron chi connectivity index (χ1n) is 11.3. The predicted molar refractivity (Wildman–Crippen MR) is 117 cm³/mol. The van der Waals surface area contributed by atoms with E-state index >= 15 is 0 Å². The van der Waals surface area contributed by atoms with E-state index in [1.165, 1.54) is 0 Å². The van der Waals surface area contributed by atoms with Crippen molar-refractivity contribution in [1.29, 1.82) is 0 Å². The van der Waals surface area contributed by atoms with Crippen LogP contribution >= 0.6 is 0 Å². The molecule has 2 bridgehead atoms. The molecule has 0 spiro atoms. The van der Waals surface area contributed by atoms with Crippen molar-refractivity contribution in [3.8, 4) is 0 Å². The van der Waals surface area contributed by atoms with E-state index in [0.29, 0.717) is 31.2 Å². The minimum Gasteiger partial charge on any atom is -0.366 e. The molecule has 2 atom stereocenters. The van der Waals surface area contributed by atoms with Crippen molar-refractivity contribution in [2.24, 2.45) is 11.5 Å². The second-order valence-corrected chi connectivity index (χ2v) is 11.7. The molecule has 2 amide bonds. The van der Waals surface area contributed by atoms with Crippen molar-refractivity contribution < 1.29 is 18.0 Å². The summed E-state index contributed by atoms with van der Waals surface area (Å²) in [5, 5.41) is -0.326. The minimum absolute atomic E-state index is 0.0126. The van der Waals surface area contributed by atoms with Gasteiger partial charge in [-0.1, -0.05) is 0 Å². The molecule has 4 N–H and O–H groups in total. The number of primary amides is 1. The lowest BCUT2D eigenvalue weighted by Gasteiger charge is -2.43. The summed E-state index contributed by atoms with van der Waals surface area (Å²) >= 11 is 0. The number of sulfonamides is 1. The standard InChI is InChI=1S/C22H30N4O4S/c23-15-2-6-19(7-3-15)31(29,30)26-16-4-5-17(26)12-18(11-16)25-20-8-1-13(22(24)28)9-14(20)10-21(25)27/h1,8-9,15-19H,2-7,10-12,23H2,(H2,24,28). The van der Waals surface area contributed by atoms with Gasteiger partial charge in [0.05, 0.1) is 11.7 Å². The van der Waals surface area contributed by atoms with Crippen molar-refractivity contribution >= 4 is 27.5 Å². The van der Waals surface area contributed by atoms with Gasteiger partial charge < -0.3 is 16.4 Å². The maximum atomic E-state index is 13.5. The van der Waals surface area contributed by atoms with Crippen LogP contribution in [0.1, 0.15) is 67.3 Å². The van der Waals surface area contributed by atoms with Gasteiger partial charge in [0.2, 0.25) is 21.8 Å². The number of hydrogen-bond acceptors (Lipinski definition) is 5. The Kier molecular flexibility index (Phi) is 5.10. The van der Waals surface area contributed by atoms with Crippen LogP contribution in [0.5, 0.6) is 0 Å².